The molecule has 0 saturated carbocycles. The first-order valence-corrected chi connectivity index (χ1v) is 2.28. The van der Waals surface area contributed by atoms with Crippen molar-refractivity contribution in [1.29, 1.82) is 0 Å². The van der Waals surface area contributed by atoms with Crippen molar-refractivity contribution >= 4 is 5.97 Å². The molecule has 0 aromatic carbocycles. The number of cyclic esters (lactones) is 1. The number of hydrogen-bond acceptors (Lipinski definition) is 2. The molecule has 40 valence electrons. The molecule has 3 heteroatoms. The molecule has 0 spiro atoms. The van der Waals surface area contributed by atoms with E-state index in [1.165, 1.54) is 0 Å². The van der Waals surface area contributed by atoms with Crippen molar-refractivity contribution in [3.05, 3.63) is 0 Å². The zero-order valence-electron chi connectivity index (χ0n) is 4.02. The second-order valence-electron chi connectivity index (χ2n) is 1.75. The van der Waals surface area contributed by atoms with Crippen molar-refractivity contribution in [2.75, 3.05) is 6.61 Å². The van der Waals surface area contributed by atoms with E-state index < -0.39 is 0 Å². The molecule has 0 amide bonds. The van der Waals surface area contributed by atoms with E-state index in [-0.39, 0.29) is 12.0 Å². The predicted molar refractivity (Wildman–Crippen MR) is 22.3 cm³/mol. The molecule has 1 saturated heterocycles. The van der Waals surface area contributed by atoms with Gasteiger partial charge in [0.15, 0.2) is 0 Å². The molecule has 0 aromatic rings. The standard InChI is InChI=1S/C4H7NO2/c5-3-1-4(6)7-2-3/h3H,1-2,5H2/p+1/t3-/m0/s1. The smallest absolute Gasteiger partial charge is 0.312 e. The van der Waals surface area contributed by atoms with Crippen LogP contribution in [0.3, 0.4) is 0 Å². The Hall–Kier alpha value is -0.570. The molecule has 0 radical (unpaired) electrons. The monoisotopic (exact) mass is 102 g/mol. The zero-order valence-corrected chi connectivity index (χ0v) is 4.02. The Kier molecular flexibility index (Phi) is 0.982. The fourth-order valence-electron chi connectivity index (χ4n) is 0.564. The summed E-state index contributed by atoms with van der Waals surface area (Å²) in [6.07, 6.45) is 0.500. The number of rotatable bonds is 0. The molecule has 1 fully saturated rings. The topological polar surface area (TPSA) is 53.9 Å². The number of hydrogen-bond donors (Lipinski definition) is 1. The van der Waals surface area contributed by atoms with E-state index in [1.807, 2.05) is 0 Å². The van der Waals surface area contributed by atoms with Crippen LogP contribution in [0, 0.1) is 0 Å². The summed E-state index contributed by atoms with van der Waals surface area (Å²) in [6, 6.07) is 0.201. The third-order valence-electron chi connectivity index (χ3n) is 0.935. The molecule has 0 unspecified atom stereocenters. The Morgan fingerprint density at radius 2 is 2.57 bits per heavy atom. The van der Waals surface area contributed by atoms with Crippen molar-refractivity contribution in [3.8, 4) is 0 Å². The zero-order chi connectivity index (χ0) is 5.28. The van der Waals surface area contributed by atoms with E-state index >= 15 is 0 Å². The number of quaternary nitrogens is 1. The van der Waals surface area contributed by atoms with Gasteiger partial charge in [-0.05, 0) is 0 Å². The van der Waals surface area contributed by atoms with E-state index in [0.717, 1.165) is 0 Å². The van der Waals surface area contributed by atoms with Gasteiger partial charge >= 0.3 is 5.97 Å². The second kappa shape index (κ2) is 1.50. The summed E-state index contributed by atoms with van der Waals surface area (Å²) >= 11 is 0. The van der Waals surface area contributed by atoms with Gasteiger partial charge in [-0.15, -0.1) is 0 Å². The highest BCUT2D eigenvalue weighted by Crippen LogP contribution is 1.99. The fourth-order valence-corrected chi connectivity index (χ4v) is 0.564. The Bertz CT molecular complexity index is 91.7. The quantitative estimate of drug-likeness (QED) is 0.380. The van der Waals surface area contributed by atoms with Gasteiger partial charge in [-0.2, -0.15) is 0 Å². The highest BCUT2D eigenvalue weighted by Gasteiger charge is 2.22. The van der Waals surface area contributed by atoms with Crippen molar-refractivity contribution < 1.29 is 15.3 Å². The minimum absolute atomic E-state index is 0.111. The van der Waals surface area contributed by atoms with Crippen LogP contribution >= 0.6 is 0 Å². The lowest BCUT2D eigenvalue weighted by Crippen LogP contribution is -2.61. The molecule has 0 aromatic heterocycles. The van der Waals surface area contributed by atoms with Crippen LogP contribution < -0.4 is 5.73 Å². The van der Waals surface area contributed by atoms with Crippen LogP contribution in [0.5, 0.6) is 0 Å². The van der Waals surface area contributed by atoms with Crippen molar-refractivity contribution in [3.63, 3.8) is 0 Å². The maximum absolute atomic E-state index is 10.2. The van der Waals surface area contributed by atoms with E-state index in [9.17, 15) is 4.79 Å². The summed E-state index contributed by atoms with van der Waals surface area (Å²) in [6.45, 7) is 0.513. The minimum Gasteiger partial charge on any atom is -0.459 e. The lowest BCUT2D eigenvalue weighted by molar-refractivity contribution is -0.416. The van der Waals surface area contributed by atoms with Gasteiger partial charge in [-0.1, -0.05) is 0 Å². The third-order valence-corrected chi connectivity index (χ3v) is 0.935. The molecular weight excluding hydrogens is 94.0 g/mol. The maximum atomic E-state index is 10.2. The first-order chi connectivity index (χ1) is 3.29. The highest BCUT2D eigenvalue weighted by molar-refractivity contribution is 5.71. The van der Waals surface area contributed by atoms with E-state index in [0.29, 0.717) is 13.0 Å². The average molecular weight is 102 g/mol. The summed E-state index contributed by atoms with van der Waals surface area (Å²) in [4.78, 5) is 10.2. The Morgan fingerprint density at radius 1 is 1.86 bits per heavy atom. The predicted octanol–water partition coefficient (Wildman–Crippen LogP) is -1.46. The molecule has 7 heavy (non-hydrogen) atoms. The number of carbonyl (C=O) groups is 1. The van der Waals surface area contributed by atoms with Gasteiger partial charge in [0.05, 0.1) is 0 Å². The molecule has 3 nitrogen and oxygen atoms in total. The molecule has 1 aliphatic rings. The summed E-state index contributed by atoms with van der Waals surface area (Å²) in [5.74, 6) is -0.111. The first kappa shape index (κ1) is 4.59. The number of carbonyl (C=O) groups excluding carboxylic acids is 1. The highest BCUT2D eigenvalue weighted by atomic mass is 16.5. The van der Waals surface area contributed by atoms with Gasteiger partial charge in [0.1, 0.15) is 19.1 Å². The molecule has 1 rings (SSSR count). The van der Waals surface area contributed by atoms with E-state index in [2.05, 4.69) is 10.5 Å². The fraction of sp³-hybridized carbons (Fsp3) is 0.750. The lowest BCUT2D eigenvalue weighted by Gasteiger charge is -1.85. The molecule has 1 heterocycles. The van der Waals surface area contributed by atoms with Crippen LogP contribution in [0.2, 0.25) is 0 Å². The van der Waals surface area contributed by atoms with Crippen LogP contribution in [-0.2, 0) is 9.53 Å². The Labute approximate surface area is 41.4 Å². The summed E-state index contributed by atoms with van der Waals surface area (Å²) in [7, 11) is 0. The maximum Gasteiger partial charge on any atom is 0.312 e. The summed E-state index contributed by atoms with van der Waals surface area (Å²) in [5.41, 5.74) is 3.64. The second-order valence-corrected chi connectivity index (χ2v) is 1.75. The van der Waals surface area contributed by atoms with Gasteiger partial charge in [0.2, 0.25) is 0 Å². The molecule has 3 N–H and O–H groups in total. The Morgan fingerprint density at radius 3 is 2.71 bits per heavy atom. The average Bonchev–Trinajstić information content (AvgIpc) is 1.87. The third kappa shape index (κ3) is 0.899. The van der Waals surface area contributed by atoms with Gasteiger partial charge in [0.25, 0.3) is 0 Å². The summed E-state index contributed by atoms with van der Waals surface area (Å²) in [5, 5.41) is 0. The molecular formula is C4H8NO2+. The number of esters is 1. The molecule has 1 atom stereocenters. The summed E-state index contributed by atoms with van der Waals surface area (Å²) < 4.78 is 4.56. The molecule has 0 aliphatic carbocycles. The van der Waals surface area contributed by atoms with Crippen LogP contribution in [0.1, 0.15) is 6.42 Å². The van der Waals surface area contributed by atoms with Gasteiger partial charge < -0.3 is 10.5 Å². The van der Waals surface area contributed by atoms with Gasteiger partial charge in [-0.3, -0.25) is 4.79 Å². The van der Waals surface area contributed by atoms with Crippen molar-refractivity contribution in [2.24, 2.45) is 0 Å². The SMILES string of the molecule is [NH3+][C@@H]1COC(=O)C1. The van der Waals surface area contributed by atoms with Crippen LogP contribution in [0.4, 0.5) is 0 Å². The normalized spacial score (nSPS) is 30.4. The van der Waals surface area contributed by atoms with Crippen LogP contribution in [-0.4, -0.2) is 18.6 Å². The van der Waals surface area contributed by atoms with Crippen molar-refractivity contribution in [2.45, 2.75) is 12.5 Å². The van der Waals surface area contributed by atoms with Gasteiger partial charge in [0, 0.05) is 0 Å². The lowest BCUT2D eigenvalue weighted by atomic mass is 10.3. The van der Waals surface area contributed by atoms with E-state index in [1.54, 1.807) is 0 Å². The molecule has 1 aliphatic heterocycles. The van der Waals surface area contributed by atoms with Crippen molar-refractivity contribution in [1.82, 2.24) is 0 Å². The van der Waals surface area contributed by atoms with Gasteiger partial charge in [-0.25, -0.2) is 0 Å². The Balaban J connectivity index is 2.40. The van der Waals surface area contributed by atoms with Crippen LogP contribution in [0.15, 0.2) is 0 Å². The van der Waals surface area contributed by atoms with Crippen LogP contribution in [0.25, 0.3) is 0 Å². The first-order valence-electron chi connectivity index (χ1n) is 2.28. The molecule has 0 bridgehead atoms. The minimum atomic E-state index is -0.111. The largest absolute Gasteiger partial charge is 0.459 e. The number of ether oxygens (including phenoxy) is 1. The van der Waals surface area contributed by atoms with E-state index in [4.69, 9.17) is 0 Å².